The molecule has 0 fully saturated rings. The third kappa shape index (κ3) is 16.1. The molecule has 0 aliphatic heterocycles. The maximum Gasteiger partial charge on any atom is 0.341 e. The first-order valence-electron chi connectivity index (χ1n) is 23.2. The summed E-state index contributed by atoms with van der Waals surface area (Å²) in [5, 5.41) is 33.5. The van der Waals surface area contributed by atoms with Gasteiger partial charge in [0.05, 0.1) is 6.42 Å². The van der Waals surface area contributed by atoms with Crippen LogP contribution in [0, 0.1) is 17.8 Å². The summed E-state index contributed by atoms with van der Waals surface area (Å²) in [4.78, 5) is 96.6. The fourth-order valence-electron chi connectivity index (χ4n) is 7.66. The fraction of sp³-hybridized carbons (Fsp3) is 0.377. The third-order valence-corrected chi connectivity index (χ3v) is 11.9. The number of H-pyrrole nitrogens is 1. The number of aliphatic carboxylic acids is 2. The quantitative estimate of drug-likeness (QED) is 0.0361. The average molecular weight is 945 g/mol. The van der Waals surface area contributed by atoms with E-state index in [2.05, 4.69) is 31.6 Å². The van der Waals surface area contributed by atoms with E-state index in [0.29, 0.717) is 16.9 Å². The van der Waals surface area contributed by atoms with Crippen molar-refractivity contribution in [3.05, 3.63) is 126 Å². The number of aromatic amines is 1. The van der Waals surface area contributed by atoms with E-state index in [1.165, 1.54) is 0 Å². The van der Waals surface area contributed by atoms with Gasteiger partial charge in [-0.3, -0.25) is 28.8 Å². The summed E-state index contributed by atoms with van der Waals surface area (Å²) in [6.45, 7) is 10.7. The Bertz CT molecular complexity index is 2540. The molecule has 0 aliphatic rings. The lowest BCUT2D eigenvalue weighted by Crippen LogP contribution is -2.59. The van der Waals surface area contributed by atoms with Crippen LogP contribution in [0.2, 0.25) is 0 Å². The summed E-state index contributed by atoms with van der Waals surface area (Å²) >= 11 is 0. The Balaban J connectivity index is 1.37. The van der Waals surface area contributed by atoms with Crippen molar-refractivity contribution in [3.63, 3.8) is 0 Å². The Morgan fingerprint density at radius 2 is 1.06 bits per heavy atom. The van der Waals surface area contributed by atoms with E-state index in [4.69, 9.17) is 9.84 Å². The zero-order valence-corrected chi connectivity index (χ0v) is 39.9. The van der Waals surface area contributed by atoms with Crippen LogP contribution in [0.25, 0.3) is 22.0 Å². The molecule has 16 heteroatoms. The van der Waals surface area contributed by atoms with Gasteiger partial charge < -0.3 is 46.5 Å². The van der Waals surface area contributed by atoms with Gasteiger partial charge in [0.25, 0.3) is 0 Å². The van der Waals surface area contributed by atoms with Crippen LogP contribution in [0.1, 0.15) is 71.1 Å². The highest BCUT2D eigenvalue weighted by Gasteiger charge is 2.34. The molecule has 1 heterocycles. The number of rotatable bonds is 25. The fourth-order valence-corrected chi connectivity index (χ4v) is 7.66. The normalized spacial score (nSPS) is 13.9. The topological polar surface area (TPSA) is 245 Å². The number of hydrogen-bond donors (Lipinski definition) is 8. The number of carbonyl (C=O) groups is 7. The summed E-state index contributed by atoms with van der Waals surface area (Å²) in [5.41, 5.74) is 4.94. The van der Waals surface area contributed by atoms with Crippen LogP contribution in [0.4, 0.5) is 0 Å². The second-order valence-corrected chi connectivity index (χ2v) is 18.3. The van der Waals surface area contributed by atoms with Crippen molar-refractivity contribution in [2.45, 2.75) is 104 Å². The molecule has 5 aromatic rings. The molecule has 0 saturated heterocycles. The molecular weight excluding hydrogens is 881 g/mol. The average Bonchev–Trinajstić information content (AvgIpc) is 3.72. The smallest absolute Gasteiger partial charge is 0.341 e. The minimum atomic E-state index is -1.59. The predicted octanol–water partition coefficient (Wildman–Crippen LogP) is 5.58. The van der Waals surface area contributed by atoms with E-state index in [-0.39, 0.29) is 43.6 Å². The van der Waals surface area contributed by atoms with Crippen LogP contribution in [-0.2, 0) is 52.8 Å². The molecule has 366 valence electrons. The predicted molar refractivity (Wildman–Crippen MR) is 262 cm³/mol. The number of carbonyl (C=O) groups excluding carboxylic acids is 5. The lowest BCUT2D eigenvalue weighted by molar-refractivity contribution is -0.141. The van der Waals surface area contributed by atoms with Gasteiger partial charge in [-0.05, 0) is 77.6 Å². The second-order valence-electron chi connectivity index (χ2n) is 18.3. The van der Waals surface area contributed by atoms with Crippen molar-refractivity contribution in [3.8, 4) is 16.9 Å². The van der Waals surface area contributed by atoms with Gasteiger partial charge in [0.15, 0.2) is 6.61 Å². The van der Waals surface area contributed by atoms with Crippen molar-refractivity contribution < 1.29 is 48.5 Å². The molecule has 0 spiro atoms. The maximum atomic E-state index is 14.6. The minimum Gasteiger partial charge on any atom is -0.482 e. The lowest BCUT2D eigenvalue weighted by atomic mass is 9.98. The molecule has 0 bridgehead atoms. The third-order valence-electron chi connectivity index (χ3n) is 11.9. The molecule has 16 nitrogen and oxygen atoms in total. The van der Waals surface area contributed by atoms with Crippen LogP contribution < -0.4 is 31.3 Å². The van der Waals surface area contributed by atoms with E-state index in [0.717, 1.165) is 27.6 Å². The zero-order chi connectivity index (χ0) is 50.2. The van der Waals surface area contributed by atoms with Crippen molar-refractivity contribution in [1.82, 2.24) is 31.6 Å². The number of ether oxygens (including phenoxy) is 1. The van der Waals surface area contributed by atoms with Crippen LogP contribution in [0.3, 0.4) is 0 Å². The van der Waals surface area contributed by atoms with Crippen LogP contribution in [0.5, 0.6) is 5.75 Å². The Morgan fingerprint density at radius 1 is 0.536 bits per heavy atom. The number of fused-ring (bicyclic) bond motifs is 1. The summed E-state index contributed by atoms with van der Waals surface area (Å²) in [6, 6.07) is 26.1. The number of nitrogens with one attached hydrogen (secondary N) is 6. The van der Waals surface area contributed by atoms with Crippen molar-refractivity contribution in [2.24, 2.45) is 17.8 Å². The lowest BCUT2D eigenvalue weighted by Gasteiger charge is -2.28. The van der Waals surface area contributed by atoms with E-state index in [9.17, 15) is 38.7 Å². The number of benzene rings is 4. The van der Waals surface area contributed by atoms with Gasteiger partial charge in [-0.2, -0.15) is 0 Å². The van der Waals surface area contributed by atoms with Crippen LogP contribution in [-0.4, -0.2) is 93.5 Å². The highest BCUT2D eigenvalue weighted by Crippen LogP contribution is 2.22. The molecule has 4 aromatic carbocycles. The minimum absolute atomic E-state index is 0.0784. The first-order valence-corrected chi connectivity index (χ1v) is 23.2. The number of aromatic nitrogens is 1. The number of amides is 5. The second kappa shape index (κ2) is 25.0. The van der Waals surface area contributed by atoms with Gasteiger partial charge in [-0.25, -0.2) is 4.79 Å². The van der Waals surface area contributed by atoms with Gasteiger partial charge in [0, 0.05) is 41.9 Å². The molecule has 5 rings (SSSR count). The number of carboxylic acids is 2. The summed E-state index contributed by atoms with van der Waals surface area (Å²) < 4.78 is 5.17. The molecule has 6 atom stereocenters. The summed E-state index contributed by atoms with van der Waals surface area (Å²) in [6.07, 6.45) is 1.34. The molecular formula is C53H64N6O10. The number of carboxylic acid groups (broad SMARTS) is 2. The van der Waals surface area contributed by atoms with Gasteiger partial charge in [-0.15, -0.1) is 0 Å². The maximum absolute atomic E-state index is 14.6. The van der Waals surface area contributed by atoms with Crippen molar-refractivity contribution in [1.29, 1.82) is 0 Å². The summed E-state index contributed by atoms with van der Waals surface area (Å²) in [5.74, 6) is -6.23. The molecule has 0 radical (unpaired) electrons. The van der Waals surface area contributed by atoms with Gasteiger partial charge in [-0.1, -0.05) is 120 Å². The Hall–Kier alpha value is -7.49. The number of hydrogen-bond acceptors (Lipinski definition) is 8. The Labute approximate surface area is 402 Å². The standard InChI is InChI=1S/C53H64N6O10/c1-31(2)24-43(51(66)58-44(50(65)55-34(6)32(3)4)26-36-16-20-38(21-17-36)37-12-8-7-9-13-37)57-52(67)45(27-39-29-54-42-15-11-10-14-41(39)42)59-53(68)46(28-47(60)61)56-49(64)33(5)25-35-18-22-40(23-19-35)69-30-48(62)63/h7-23,29,31-34,43-46,54H,24-28,30H2,1-6H3,(H,55,65)(H,56,64)(H,57,67)(H,58,66)(H,59,68)(H,60,61)(H,62,63)/t33-,34+,43-,44-,45-,46-/m0/s1. The molecule has 5 amide bonds. The van der Waals surface area contributed by atoms with E-state index in [1.807, 2.05) is 113 Å². The van der Waals surface area contributed by atoms with Crippen LogP contribution in [0.15, 0.2) is 109 Å². The molecule has 69 heavy (non-hydrogen) atoms. The highest BCUT2D eigenvalue weighted by atomic mass is 16.5. The van der Waals surface area contributed by atoms with E-state index in [1.54, 1.807) is 37.4 Å². The highest BCUT2D eigenvalue weighted by molar-refractivity contribution is 5.97. The van der Waals surface area contributed by atoms with E-state index < -0.39 is 84.6 Å². The van der Waals surface area contributed by atoms with Gasteiger partial charge in [0.1, 0.15) is 29.9 Å². The zero-order valence-electron chi connectivity index (χ0n) is 39.9. The summed E-state index contributed by atoms with van der Waals surface area (Å²) in [7, 11) is 0. The first-order chi connectivity index (χ1) is 32.9. The monoisotopic (exact) mass is 944 g/mol. The van der Waals surface area contributed by atoms with Crippen LogP contribution >= 0.6 is 0 Å². The first kappa shape index (κ1) is 52.5. The van der Waals surface area contributed by atoms with Gasteiger partial charge >= 0.3 is 11.9 Å². The Kier molecular flexibility index (Phi) is 19.0. The van der Waals surface area contributed by atoms with Crippen molar-refractivity contribution >= 4 is 52.4 Å². The number of para-hydroxylation sites is 1. The molecule has 0 saturated carbocycles. The molecule has 0 aliphatic carbocycles. The Morgan fingerprint density at radius 3 is 1.68 bits per heavy atom. The molecule has 0 unspecified atom stereocenters. The SMILES string of the molecule is CC(C)C[C@H](NC(=O)[C@H](Cc1c[nH]c2ccccc12)NC(=O)[C@H](CC(=O)O)NC(=O)[C@@H](C)Cc1ccc(OCC(=O)O)cc1)C(=O)N[C@@H](Cc1ccc(-c2ccccc2)cc1)C(=O)N[C@H](C)C(C)C. The van der Waals surface area contributed by atoms with Gasteiger partial charge in [0.2, 0.25) is 29.5 Å². The largest absolute Gasteiger partial charge is 0.482 e. The molecule has 1 aromatic heterocycles. The van der Waals surface area contributed by atoms with Crippen molar-refractivity contribution in [2.75, 3.05) is 6.61 Å². The molecule has 8 N–H and O–H groups in total. The van der Waals surface area contributed by atoms with E-state index >= 15 is 0 Å².